The van der Waals surface area contributed by atoms with Crippen molar-refractivity contribution >= 4 is 33.2 Å². The number of thiazole rings is 1. The minimum Gasteiger partial charge on any atom is -0.465 e. The zero-order valence-electron chi connectivity index (χ0n) is 12.6. The van der Waals surface area contributed by atoms with Gasteiger partial charge in [-0.3, -0.25) is 4.79 Å². The summed E-state index contributed by atoms with van der Waals surface area (Å²) in [4.78, 5) is 16.7. The van der Waals surface area contributed by atoms with Crippen molar-refractivity contribution in [3.63, 3.8) is 0 Å². The van der Waals surface area contributed by atoms with Gasteiger partial charge in [0.15, 0.2) is 0 Å². The molecule has 0 aliphatic rings. The van der Waals surface area contributed by atoms with Crippen molar-refractivity contribution in [2.45, 2.75) is 33.1 Å². The quantitative estimate of drug-likeness (QED) is 0.733. The third-order valence-corrected chi connectivity index (χ3v) is 4.72. The molecule has 0 fully saturated rings. The molecule has 5 heteroatoms. The lowest BCUT2D eigenvalue weighted by Crippen LogP contribution is -2.31. The maximum Gasteiger partial charge on any atom is 0.317 e. The Bertz CT molecular complexity index is 664. The van der Waals surface area contributed by atoms with Crippen LogP contribution in [0.2, 0.25) is 0 Å². The molecular weight excluding hydrogens is 350 g/mol. The predicted octanol–water partition coefficient (Wildman–Crippen LogP) is 4.72. The van der Waals surface area contributed by atoms with Gasteiger partial charge < -0.3 is 4.74 Å². The van der Waals surface area contributed by atoms with Crippen LogP contribution in [0.1, 0.15) is 32.0 Å². The Balaban J connectivity index is 2.35. The molecule has 0 unspecified atom stereocenters. The number of carbonyl (C=O) groups excluding carboxylic acids is 1. The molecule has 0 bridgehead atoms. The van der Waals surface area contributed by atoms with Gasteiger partial charge in [-0.2, -0.15) is 0 Å². The lowest BCUT2D eigenvalue weighted by molar-refractivity contribution is -0.148. The van der Waals surface area contributed by atoms with Crippen molar-refractivity contribution in [1.82, 2.24) is 4.98 Å². The van der Waals surface area contributed by atoms with Gasteiger partial charge >= 0.3 is 5.97 Å². The fourth-order valence-corrected chi connectivity index (χ4v) is 3.52. The van der Waals surface area contributed by atoms with Crippen molar-refractivity contribution in [2.75, 3.05) is 6.61 Å². The summed E-state index contributed by atoms with van der Waals surface area (Å²) in [5.41, 5.74) is 2.27. The van der Waals surface area contributed by atoms with E-state index in [1.54, 1.807) is 11.3 Å². The van der Waals surface area contributed by atoms with Crippen molar-refractivity contribution in [1.29, 1.82) is 0 Å². The average Bonchev–Trinajstić information content (AvgIpc) is 2.89. The molecular formula is C16H18BrNO2S. The molecule has 0 N–H and O–H groups in total. The highest BCUT2D eigenvalue weighted by atomic mass is 79.9. The molecule has 0 saturated heterocycles. The number of carbonyl (C=O) groups is 1. The van der Waals surface area contributed by atoms with E-state index in [0.717, 1.165) is 26.3 Å². The Kier molecular flexibility index (Phi) is 4.84. The number of esters is 1. The number of ether oxygens (including phenoxy) is 1. The molecule has 112 valence electrons. The first kappa shape index (κ1) is 16.2. The second kappa shape index (κ2) is 6.28. The fraction of sp³-hybridized carbons (Fsp3) is 0.375. The maximum atomic E-state index is 12.1. The first-order valence-corrected chi connectivity index (χ1v) is 8.43. The fourth-order valence-electron chi connectivity index (χ4n) is 1.97. The minimum atomic E-state index is -0.728. The Morgan fingerprint density at radius 1 is 1.43 bits per heavy atom. The van der Waals surface area contributed by atoms with Gasteiger partial charge in [0.2, 0.25) is 0 Å². The molecule has 21 heavy (non-hydrogen) atoms. The topological polar surface area (TPSA) is 39.2 Å². The second-order valence-electron chi connectivity index (χ2n) is 5.34. The molecule has 3 nitrogen and oxygen atoms in total. The third kappa shape index (κ3) is 3.35. The molecule has 1 heterocycles. The monoisotopic (exact) mass is 367 g/mol. The van der Waals surface area contributed by atoms with Crippen LogP contribution in [-0.2, 0) is 14.9 Å². The smallest absolute Gasteiger partial charge is 0.317 e. The normalized spacial score (nSPS) is 11.5. The van der Waals surface area contributed by atoms with Crippen LogP contribution >= 0.6 is 27.3 Å². The largest absolute Gasteiger partial charge is 0.465 e. The zero-order chi connectivity index (χ0) is 15.6. The first-order valence-electron chi connectivity index (χ1n) is 6.76. The summed E-state index contributed by atoms with van der Waals surface area (Å²) in [5.74, 6) is -0.241. The van der Waals surface area contributed by atoms with E-state index < -0.39 is 5.41 Å². The van der Waals surface area contributed by atoms with Gasteiger partial charge in [0.25, 0.3) is 0 Å². The third-order valence-electron chi connectivity index (χ3n) is 3.35. The van der Waals surface area contributed by atoms with Crippen LogP contribution in [0, 0.1) is 6.92 Å². The van der Waals surface area contributed by atoms with Crippen LogP contribution in [0.15, 0.2) is 28.1 Å². The van der Waals surface area contributed by atoms with Crippen LogP contribution in [0.5, 0.6) is 0 Å². The minimum absolute atomic E-state index is 0.241. The lowest BCUT2D eigenvalue weighted by atomic mass is 9.90. The van der Waals surface area contributed by atoms with Gasteiger partial charge in [-0.1, -0.05) is 22.0 Å². The standard InChI is InChI=1S/C16H18BrNO2S/c1-5-20-15(19)16(3,4)13-9-21-14(18-13)12-7-6-11(17)8-10(12)2/h6-9H,5H2,1-4H3. The molecule has 2 rings (SSSR count). The van der Waals surface area contributed by atoms with Gasteiger partial charge in [-0.25, -0.2) is 4.98 Å². The van der Waals surface area contributed by atoms with Gasteiger partial charge in [-0.15, -0.1) is 11.3 Å². The van der Waals surface area contributed by atoms with Crippen molar-refractivity contribution in [3.8, 4) is 10.6 Å². The van der Waals surface area contributed by atoms with E-state index in [1.165, 1.54) is 0 Å². The zero-order valence-corrected chi connectivity index (χ0v) is 15.0. The molecule has 0 aliphatic carbocycles. The van der Waals surface area contributed by atoms with Crippen molar-refractivity contribution < 1.29 is 9.53 Å². The van der Waals surface area contributed by atoms with Crippen LogP contribution < -0.4 is 0 Å². The molecule has 0 aliphatic heterocycles. The number of rotatable bonds is 4. The summed E-state index contributed by atoms with van der Waals surface area (Å²) in [6.07, 6.45) is 0. The Morgan fingerprint density at radius 2 is 2.14 bits per heavy atom. The highest BCUT2D eigenvalue weighted by Crippen LogP contribution is 2.33. The summed E-state index contributed by atoms with van der Waals surface area (Å²) in [5, 5.41) is 2.86. The maximum absolute atomic E-state index is 12.1. The average molecular weight is 368 g/mol. The van der Waals surface area contributed by atoms with Crippen molar-refractivity contribution in [2.24, 2.45) is 0 Å². The van der Waals surface area contributed by atoms with Gasteiger partial charge in [0.05, 0.1) is 12.3 Å². The van der Waals surface area contributed by atoms with E-state index >= 15 is 0 Å². The summed E-state index contributed by atoms with van der Waals surface area (Å²) >= 11 is 5.01. The summed E-state index contributed by atoms with van der Waals surface area (Å²) in [6, 6.07) is 6.10. The van der Waals surface area contributed by atoms with Crippen molar-refractivity contribution in [3.05, 3.63) is 39.3 Å². The van der Waals surface area contributed by atoms with Crippen LogP contribution in [0.25, 0.3) is 10.6 Å². The molecule has 0 atom stereocenters. The van der Waals surface area contributed by atoms with E-state index in [9.17, 15) is 4.79 Å². The highest BCUT2D eigenvalue weighted by Gasteiger charge is 2.34. The first-order chi connectivity index (χ1) is 9.86. The number of hydrogen-bond acceptors (Lipinski definition) is 4. The lowest BCUT2D eigenvalue weighted by Gasteiger charge is -2.19. The van der Waals surface area contributed by atoms with E-state index in [-0.39, 0.29) is 5.97 Å². The van der Waals surface area contributed by atoms with E-state index in [1.807, 2.05) is 38.3 Å². The SMILES string of the molecule is CCOC(=O)C(C)(C)c1csc(-c2ccc(Br)cc2C)n1. The predicted molar refractivity (Wildman–Crippen MR) is 89.6 cm³/mol. The molecule has 1 aromatic carbocycles. The van der Waals surface area contributed by atoms with E-state index in [4.69, 9.17) is 4.74 Å². The number of benzene rings is 1. The molecule has 0 radical (unpaired) electrons. The Hall–Kier alpha value is -1.20. The van der Waals surface area contributed by atoms with Crippen LogP contribution in [0.4, 0.5) is 0 Å². The number of aromatic nitrogens is 1. The van der Waals surface area contributed by atoms with E-state index in [2.05, 4.69) is 33.9 Å². The summed E-state index contributed by atoms with van der Waals surface area (Å²) in [7, 11) is 0. The Morgan fingerprint density at radius 3 is 2.76 bits per heavy atom. The Labute approximate surface area is 137 Å². The van der Waals surface area contributed by atoms with Gasteiger partial charge in [0.1, 0.15) is 10.4 Å². The molecule has 1 aromatic heterocycles. The molecule has 0 saturated carbocycles. The second-order valence-corrected chi connectivity index (χ2v) is 7.12. The van der Waals surface area contributed by atoms with Gasteiger partial charge in [0, 0.05) is 15.4 Å². The number of halogens is 1. The highest BCUT2D eigenvalue weighted by molar-refractivity contribution is 9.10. The van der Waals surface area contributed by atoms with Crippen LogP contribution in [0.3, 0.4) is 0 Å². The number of aryl methyl sites for hydroxylation is 1. The number of hydrogen-bond donors (Lipinski definition) is 0. The summed E-state index contributed by atoms with van der Waals surface area (Å²) in [6.45, 7) is 7.94. The van der Waals surface area contributed by atoms with Crippen LogP contribution in [-0.4, -0.2) is 17.6 Å². The van der Waals surface area contributed by atoms with Gasteiger partial charge in [-0.05, 0) is 45.4 Å². The molecule has 0 spiro atoms. The molecule has 2 aromatic rings. The summed E-state index contributed by atoms with van der Waals surface area (Å²) < 4.78 is 6.18. The number of nitrogens with zero attached hydrogens (tertiary/aromatic N) is 1. The van der Waals surface area contributed by atoms with E-state index in [0.29, 0.717) is 6.61 Å². The molecule has 0 amide bonds.